The van der Waals surface area contributed by atoms with E-state index in [1.165, 1.54) is 25.3 Å². The van der Waals surface area contributed by atoms with Crippen molar-refractivity contribution in [2.24, 2.45) is 16.7 Å². The molecule has 2 aliphatic carbocycles. The lowest BCUT2D eigenvalue weighted by molar-refractivity contribution is -0.141. The van der Waals surface area contributed by atoms with Gasteiger partial charge >= 0.3 is 12.0 Å². The Bertz CT molecular complexity index is 430. The van der Waals surface area contributed by atoms with Crippen molar-refractivity contribution in [3.05, 3.63) is 0 Å². The summed E-state index contributed by atoms with van der Waals surface area (Å²) in [5.74, 6) is -0.332. The number of aliphatic carboxylic acids is 1. The number of urea groups is 1. The average Bonchev–Trinajstić information content (AvgIpc) is 2.83. The third-order valence-electron chi connectivity index (χ3n) is 5.80. The molecule has 0 aromatic heterocycles. The molecule has 2 rings (SSSR count). The molecule has 0 heterocycles. The van der Waals surface area contributed by atoms with Crippen molar-refractivity contribution in [2.45, 2.75) is 59.0 Å². The van der Waals surface area contributed by atoms with Crippen molar-refractivity contribution < 1.29 is 14.7 Å². The van der Waals surface area contributed by atoms with Gasteiger partial charge in [-0.25, -0.2) is 9.59 Å². The second-order valence-corrected chi connectivity index (χ2v) is 7.42. The average molecular weight is 282 g/mol. The molecule has 2 amide bonds. The van der Waals surface area contributed by atoms with E-state index in [0.717, 1.165) is 12.8 Å². The van der Waals surface area contributed by atoms with Gasteiger partial charge in [0.15, 0.2) is 0 Å². The van der Waals surface area contributed by atoms with E-state index in [-0.39, 0.29) is 22.9 Å². The van der Waals surface area contributed by atoms with Gasteiger partial charge in [0.2, 0.25) is 0 Å². The summed E-state index contributed by atoms with van der Waals surface area (Å²) in [5.41, 5.74) is 0.229. The van der Waals surface area contributed by atoms with Crippen LogP contribution in [0.15, 0.2) is 0 Å². The van der Waals surface area contributed by atoms with Crippen LogP contribution < -0.4 is 5.32 Å². The molecule has 0 saturated heterocycles. The summed E-state index contributed by atoms with van der Waals surface area (Å²) in [5, 5.41) is 12.1. The molecule has 4 unspecified atom stereocenters. The minimum Gasteiger partial charge on any atom is -0.480 e. The highest BCUT2D eigenvalue weighted by molar-refractivity contribution is 5.82. The van der Waals surface area contributed by atoms with E-state index in [1.807, 2.05) is 0 Å². The lowest BCUT2D eigenvalue weighted by atomic mass is 9.68. The number of hydrogen-bond acceptors (Lipinski definition) is 2. The number of carboxylic acid groups (broad SMARTS) is 1. The van der Waals surface area contributed by atoms with Crippen LogP contribution in [0.25, 0.3) is 0 Å². The van der Waals surface area contributed by atoms with E-state index in [0.29, 0.717) is 5.92 Å². The van der Waals surface area contributed by atoms with Crippen molar-refractivity contribution in [3.63, 3.8) is 0 Å². The Labute approximate surface area is 120 Å². The van der Waals surface area contributed by atoms with Crippen molar-refractivity contribution in [1.82, 2.24) is 10.2 Å². The van der Waals surface area contributed by atoms with E-state index >= 15 is 0 Å². The number of carbonyl (C=O) groups excluding carboxylic acids is 1. The monoisotopic (exact) mass is 282 g/mol. The lowest BCUT2D eigenvalue weighted by Gasteiger charge is -2.43. The Hall–Kier alpha value is -1.26. The molecule has 0 spiro atoms. The Morgan fingerprint density at radius 3 is 2.40 bits per heavy atom. The van der Waals surface area contributed by atoms with Gasteiger partial charge in [-0.2, -0.15) is 0 Å². The smallest absolute Gasteiger partial charge is 0.326 e. The molecule has 2 saturated carbocycles. The fraction of sp³-hybridized carbons (Fsp3) is 0.867. The summed E-state index contributed by atoms with van der Waals surface area (Å²) < 4.78 is 0. The van der Waals surface area contributed by atoms with E-state index in [9.17, 15) is 9.59 Å². The third-order valence-corrected chi connectivity index (χ3v) is 5.80. The van der Waals surface area contributed by atoms with E-state index in [2.05, 4.69) is 26.1 Å². The van der Waals surface area contributed by atoms with Crippen LogP contribution >= 0.6 is 0 Å². The number of carbonyl (C=O) groups is 2. The topological polar surface area (TPSA) is 69.6 Å². The highest BCUT2D eigenvalue weighted by Crippen LogP contribution is 2.62. The van der Waals surface area contributed by atoms with E-state index in [1.54, 1.807) is 0 Å². The maximum Gasteiger partial charge on any atom is 0.326 e. The second-order valence-electron chi connectivity index (χ2n) is 7.42. The van der Waals surface area contributed by atoms with Crippen LogP contribution in [0.5, 0.6) is 0 Å². The van der Waals surface area contributed by atoms with Crippen LogP contribution in [0, 0.1) is 16.7 Å². The fourth-order valence-corrected chi connectivity index (χ4v) is 4.23. The maximum atomic E-state index is 12.3. The van der Waals surface area contributed by atoms with Crippen molar-refractivity contribution in [2.75, 3.05) is 7.05 Å². The second kappa shape index (κ2) is 4.64. The molecule has 4 atom stereocenters. The van der Waals surface area contributed by atoms with Gasteiger partial charge in [0.1, 0.15) is 6.04 Å². The summed E-state index contributed by atoms with van der Waals surface area (Å²) in [4.78, 5) is 24.6. The molecular formula is C15H26N2O3. The Balaban J connectivity index is 2.10. The largest absolute Gasteiger partial charge is 0.480 e. The van der Waals surface area contributed by atoms with Gasteiger partial charge in [0.25, 0.3) is 0 Å². The quantitative estimate of drug-likeness (QED) is 0.834. The number of nitrogens with one attached hydrogen (secondary N) is 1. The predicted molar refractivity (Wildman–Crippen MR) is 76.4 cm³/mol. The third kappa shape index (κ3) is 2.17. The molecule has 114 valence electrons. The molecule has 0 aromatic rings. The van der Waals surface area contributed by atoms with Crippen molar-refractivity contribution in [1.29, 1.82) is 0 Å². The lowest BCUT2D eigenvalue weighted by Crippen LogP contribution is -2.56. The van der Waals surface area contributed by atoms with Gasteiger partial charge in [-0.15, -0.1) is 0 Å². The zero-order valence-electron chi connectivity index (χ0n) is 13.1. The number of likely N-dealkylation sites (N-methyl/N-ethyl adjacent to an activating group) is 1. The van der Waals surface area contributed by atoms with Gasteiger partial charge in [-0.3, -0.25) is 0 Å². The van der Waals surface area contributed by atoms with Crippen LogP contribution in [0.3, 0.4) is 0 Å². The number of nitrogens with zero attached hydrogens (tertiary/aromatic N) is 1. The first-order valence-corrected chi connectivity index (χ1v) is 7.36. The summed E-state index contributed by atoms with van der Waals surface area (Å²) in [6.07, 6.45) is 3.53. The molecule has 2 N–H and O–H groups in total. The van der Waals surface area contributed by atoms with Gasteiger partial charge in [0, 0.05) is 13.1 Å². The number of rotatable bonds is 3. The molecule has 5 heteroatoms. The highest BCUT2D eigenvalue weighted by Gasteiger charge is 2.59. The molecule has 2 fully saturated rings. The zero-order valence-corrected chi connectivity index (χ0v) is 13.1. The first-order chi connectivity index (χ1) is 9.09. The van der Waals surface area contributed by atoms with Crippen molar-refractivity contribution in [3.8, 4) is 0 Å². The van der Waals surface area contributed by atoms with Crippen LogP contribution in [-0.2, 0) is 4.79 Å². The predicted octanol–water partition coefficient (Wildman–Crippen LogP) is 2.32. The SMILES string of the molecule is CC(C(=O)O)N(C)C(=O)NC1C2(C)CCC(C2)C1(C)C. The molecule has 0 aliphatic heterocycles. The van der Waals surface area contributed by atoms with E-state index in [4.69, 9.17) is 5.11 Å². The van der Waals surface area contributed by atoms with Gasteiger partial charge < -0.3 is 15.3 Å². The molecule has 5 nitrogen and oxygen atoms in total. The fourth-order valence-electron chi connectivity index (χ4n) is 4.23. The summed E-state index contributed by atoms with van der Waals surface area (Å²) in [7, 11) is 1.54. The summed E-state index contributed by atoms with van der Waals surface area (Å²) in [6.45, 7) is 8.20. The van der Waals surface area contributed by atoms with Crippen LogP contribution in [0.4, 0.5) is 4.79 Å². The van der Waals surface area contributed by atoms with E-state index < -0.39 is 12.0 Å². The molecule has 0 radical (unpaired) electrons. The minimum atomic E-state index is -0.985. The van der Waals surface area contributed by atoms with Crippen LogP contribution in [0.1, 0.15) is 47.0 Å². The van der Waals surface area contributed by atoms with Crippen molar-refractivity contribution >= 4 is 12.0 Å². The first kappa shape index (κ1) is 15.1. The normalized spacial score (nSPS) is 35.6. The number of fused-ring (bicyclic) bond motifs is 2. The van der Waals surface area contributed by atoms with Gasteiger partial charge in [-0.05, 0) is 42.9 Å². The van der Waals surface area contributed by atoms with Gasteiger partial charge in [0.05, 0.1) is 0 Å². The highest BCUT2D eigenvalue weighted by atomic mass is 16.4. The minimum absolute atomic E-state index is 0.0793. The Morgan fingerprint density at radius 1 is 1.35 bits per heavy atom. The molecule has 0 aromatic carbocycles. The first-order valence-electron chi connectivity index (χ1n) is 7.36. The Morgan fingerprint density at radius 2 is 1.95 bits per heavy atom. The molecule has 20 heavy (non-hydrogen) atoms. The van der Waals surface area contributed by atoms with Crippen LogP contribution in [-0.4, -0.2) is 41.1 Å². The van der Waals surface area contributed by atoms with Crippen LogP contribution in [0.2, 0.25) is 0 Å². The standard InChI is InChI=1S/C15H26N2O3/c1-9(11(18)19)17(5)13(20)16-12-14(2,3)10-6-7-15(12,4)8-10/h9-10,12H,6-8H2,1-5H3,(H,16,20)(H,18,19). The molecular weight excluding hydrogens is 256 g/mol. The van der Waals surface area contributed by atoms with Gasteiger partial charge in [-0.1, -0.05) is 20.8 Å². The molecule has 2 bridgehead atoms. The number of hydrogen-bond donors (Lipinski definition) is 2. The number of carboxylic acids is 1. The maximum absolute atomic E-state index is 12.3. The number of amides is 2. The summed E-state index contributed by atoms with van der Waals surface area (Å²) in [6, 6.07) is -0.985. The molecule has 2 aliphatic rings. The Kier molecular flexibility index (Phi) is 3.51. The zero-order chi connectivity index (χ0) is 15.3. The summed E-state index contributed by atoms with van der Waals surface area (Å²) >= 11 is 0.